The van der Waals surface area contributed by atoms with Crippen LogP contribution in [0.25, 0.3) is 0 Å². The molecule has 0 bridgehead atoms. The van der Waals surface area contributed by atoms with Gasteiger partial charge in [0, 0.05) is 13.1 Å². The van der Waals surface area contributed by atoms with Crippen LogP contribution < -0.4 is 10.6 Å². The molecular weight excluding hydrogens is 216 g/mol. The summed E-state index contributed by atoms with van der Waals surface area (Å²) in [7, 11) is 0. The van der Waals surface area contributed by atoms with Gasteiger partial charge in [-0.2, -0.15) is 0 Å². The number of aliphatic hydroxyl groups is 1. The van der Waals surface area contributed by atoms with Crippen molar-refractivity contribution in [3.05, 3.63) is 18.1 Å². The third kappa shape index (κ3) is 2.92. The Balaban J connectivity index is 2.16. The number of aromatic nitrogens is 2. The average molecular weight is 236 g/mol. The normalized spacial score (nSPS) is 21.3. The molecule has 0 spiro atoms. The number of rotatable bonds is 3. The summed E-state index contributed by atoms with van der Waals surface area (Å²) in [5, 5.41) is 9.44. The van der Waals surface area contributed by atoms with E-state index in [4.69, 9.17) is 5.73 Å². The molecule has 1 aliphatic heterocycles. The average Bonchev–Trinajstić information content (AvgIpc) is 2.64. The van der Waals surface area contributed by atoms with Gasteiger partial charge in [0.05, 0.1) is 30.7 Å². The topological polar surface area (TPSA) is 75.3 Å². The minimum Gasteiger partial charge on any atom is -0.394 e. The molecular formula is C12H20N4O. The third-order valence-electron chi connectivity index (χ3n) is 3.28. The minimum absolute atomic E-state index is 0.176. The zero-order valence-electron chi connectivity index (χ0n) is 10.0. The van der Waals surface area contributed by atoms with E-state index < -0.39 is 0 Å². The first-order chi connectivity index (χ1) is 8.35. The quantitative estimate of drug-likeness (QED) is 0.807. The molecule has 1 atom stereocenters. The van der Waals surface area contributed by atoms with Gasteiger partial charge in [0.1, 0.15) is 5.82 Å². The number of hydrogen-bond acceptors (Lipinski definition) is 5. The van der Waals surface area contributed by atoms with Gasteiger partial charge in [0.25, 0.3) is 0 Å². The van der Waals surface area contributed by atoms with Crippen LogP contribution in [0.15, 0.2) is 12.4 Å². The van der Waals surface area contributed by atoms with Gasteiger partial charge in [-0.25, -0.2) is 4.98 Å². The zero-order chi connectivity index (χ0) is 12.1. The number of nitrogens with two attached hydrogens (primary N) is 1. The summed E-state index contributed by atoms with van der Waals surface area (Å²) >= 11 is 0. The van der Waals surface area contributed by atoms with E-state index in [1.54, 1.807) is 12.4 Å². The van der Waals surface area contributed by atoms with Crippen LogP contribution >= 0.6 is 0 Å². The van der Waals surface area contributed by atoms with Gasteiger partial charge in [-0.1, -0.05) is 12.8 Å². The van der Waals surface area contributed by atoms with Gasteiger partial charge in [-0.3, -0.25) is 4.98 Å². The van der Waals surface area contributed by atoms with Crippen LogP contribution in [0, 0.1) is 0 Å². The van der Waals surface area contributed by atoms with E-state index >= 15 is 0 Å². The summed E-state index contributed by atoms with van der Waals surface area (Å²) in [4.78, 5) is 10.8. The maximum absolute atomic E-state index is 9.44. The lowest BCUT2D eigenvalue weighted by Gasteiger charge is -2.29. The van der Waals surface area contributed by atoms with Crippen molar-refractivity contribution in [2.45, 2.75) is 38.3 Å². The fourth-order valence-corrected chi connectivity index (χ4v) is 2.27. The Morgan fingerprint density at radius 1 is 1.29 bits per heavy atom. The first-order valence-electron chi connectivity index (χ1n) is 6.23. The molecule has 0 aliphatic carbocycles. The van der Waals surface area contributed by atoms with Crippen LogP contribution in [-0.4, -0.2) is 34.3 Å². The second-order valence-electron chi connectivity index (χ2n) is 4.45. The highest BCUT2D eigenvalue weighted by Gasteiger charge is 2.21. The van der Waals surface area contributed by atoms with Crippen molar-refractivity contribution in [3.8, 4) is 0 Å². The lowest BCUT2D eigenvalue weighted by Crippen LogP contribution is -2.38. The predicted molar refractivity (Wildman–Crippen MR) is 66.6 cm³/mol. The van der Waals surface area contributed by atoms with Crippen molar-refractivity contribution in [3.63, 3.8) is 0 Å². The summed E-state index contributed by atoms with van der Waals surface area (Å²) in [6.07, 6.45) is 8.05. The van der Waals surface area contributed by atoms with Crippen molar-refractivity contribution in [1.82, 2.24) is 9.97 Å². The molecule has 1 unspecified atom stereocenters. The number of nitrogens with zero attached hydrogens (tertiary/aromatic N) is 3. The van der Waals surface area contributed by atoms with Crippen molar-refractivity contribution >= 4 is 5.82 Å². The molecule has 94 valence electrons. The van der Waals surface area contributed by atoms with E-state index in [9.17, 15) is 5.11 Å². The van der Waals surface area contributed by atoms with E-state index in [-0.39, 0.29) is 12.6 Å². The Kier molecular flexibility index (Phi) is 4.28. The Morgan fingerprint density at radius 3 is 2.82 bits per heavy atom. The Bertz CT molecular complexity index is 341. The first kappa shape index (κ1) is 12.3. The van der Waals surface area contributed by atoms with Crippen LogP contribution in [0.4, 0.5) is 5.82 Å². The van der Waals surface area contributed by atoms with E-state index in [0.717, 1.165) is 30.9 Å². The molecule has 17 heavy (non-hydrogen) atoms. The van der Waals surface area contributed by atoms with Crippen molar-refractivity contribution in [2.75, 3.05) is 18.1 Å². The molecule has 0 aromatic carbocycles. The third-order valence-corrected chi connectivity index (χ3v) is 3.28. The van der Waals surface area contributed by atoms with Crippen molar-refractivity contribution < 1.29 is 5.11 Å². The second-order valence-corrected chi connectivity index (χ2v) is 4.45. The Hall–Kier alpha value is -1.20. The van der Waals surface area contributed by atoms with E-state index in [1.165, 1.54) is 12.8 Å². The molecule has 1 aromatic rings. The van der Waals surface area contributed by atoms with E-state index in [2.05, 4.69) is 14.9 Å². The largest absolute Gasteiger partial charge is 0.394 e. The Labute approximate surface area is 102 Å². The maximum atomic E-state index is 9.44. The zero-order valence-corrected chi connectivity index (χ0v) is 10.0. The molecule has 0 radical (unpaired) electrons. The van der Waals surface area contributed by atoms with Gasteiger partial charge in [0.15, 0.2) is 0 Å². The van der Waals surface area contributed by atoms with Crippen molar-refractivity contribution in [2.24, 2.45) is 5.73 Å². The van der Waals surface area contributed by atoms with E-state index in [0.29, 0.717) is 6.54 Å². The number of aliphatic hydroxyl groups excluding tert-OH is 1. The molecule has 0 amide bonds. The lowest BCUT2D eigenvalue weighted by molar-refractivity contribution is 0.254. The molecule has 5 nitrogen and oxygen atoms in total. The molecule has 1 saturated heterocycles. The van der Waals surface area contributed by atoms with Crippen LogP contribution in [0.3, 0.4) is 0 Å². The molecule has 1 aromatic heterocycles. The van der Waals surface area contributed by atoms with Crippen LogP contribution in [0.5, 0.6) is 0 Å². The van der Waals surface area contributed by atoms with Gasteiger partial charge < -0.3 is 15.7 Å². The molecule has 2 heterocycles. The van der Waals surface area contributed by atoms with Crippen LogP contribution in [0.1, 0.15) is 31.4 Å². The highest BCUT2D eigenvalue weighted by molar-refractivity contribution is 5.37. The van der Waals surface area contributed by atoms with Gasteiger partial charge in [-0.05, 0) is 12.8 Å². The highest BCUT2D eigenvalue weighted by atomic mass is 16.3. The summed E-state index contributed by atoms with van der Waals surface area (Å²) in [6.45, 7) is 1.54. The minimum atomic E-state index is 0.176. The molecule has 1 fully saturated rings. The lowest BCUT2D eigenvalue weighted by atomic mass is 10.1. The molecule has 2 rings (SSSR count). The summed E-state index contributed by atoms with van der Waals surface area (Å²) in [5.74, 6) is 0.850. The SMILES string of the molecule is NCc1cnc(N2CCCCCC2CO)cn1. The fourth-order valence-electron chi connectivity index (χ4n) is 2.27. The smallest absolute Gasteiger partial charge is 0.147 e. The molecule has 1 aliphatic rings. The van der Waals surface area contributed by atoms with Crippen LogP contribution in [-0.2, 0) is 6.54 Å². The predicted octanol–water partition coefficient (Wildman–Crippen LogP) is 0.677. The van der Waals surface area contributed by atoms with Crippen LogP contribution in [0.2, 0.25) is 0 Å². The number of anilines is 1. The summed E-state index contributed by atoms with van der Waals surface area (Å²) in [5.41, 5.74) is 6.30. The maximum Gasteiger partial charge on any atom is 0.147 e. The fraction of sp³-hybridized carbons (Fsp3) is 0.667. The molecule has 0 saturated carbocycles. The van der Waals surface area contributed by atoms with E-state index in [1.807, 2.05) is 0 Å². The highest BCUT2D eigenvalue weighted by Crippen LogP contribution is 2.21. The van der Waals surface area contributed by atoms with Gasteiger partial charge in [0.2, 0.25) is 0 Å². The second kappa shape index (κ2) is 5.93. The Morgan fingerprint density at radius 2 is 2.18 bits per heavy atom. The number of hydrogen-bond donors (Lipinski definition) is 2. The first-order valence-corrected chi connectivity index (χ1v) is 6.23. The summed E-state index contributed by atoms with van der Waals surface area (Å²) in [6, 6.07) is 0.176. The van der Waals surface area contributed by atoms with Gasteiger partial charge in [-0.15, -0.1) is 0 Å². The monoisotopic (exact) mass is 236 g/mol. The molecule has 5 heteroatoms. The summed E-state index contributed by atoms with van der Waals surface area (Å²) < 4.78 is 0. The van der Waals surface area contributed by atoms with Gasteiger partial charge >= 0.3 is 0 Å². The van der Waals surface area contributed by atoms with Crippen molar-refractivity contribution in [1.29, 1.82) is 0 Å². The molecule has 3 N–H and O–H groups in total. The standard InChI is InChI=1S/C12H20N4O/c13-6-10-7-15-12(8-14-10)16-5-3-1-2-4-11(16)9-17/h7-8,11,17H,1-6,9,13H2.